The summed E-state index contributed by atoms with van der Waals surface area (Å²) in [4.78, 5) is 20.8. The van der Waals surface area contributed by atoms with Gasteiger partial charge in [-0.2, -0.15) is 5.10 Å². The molecule has 23 heavy (non-hydrogen) atoms. The Kier molecular flexibility index (Phi) is 3.77. The largest absolute Gasteiger partial charge is 0.477 e. The molecule has 3 aromatic heterocycles. The summed E-state index contributed by atoms with van der Waals surface area (Å²) < 4.78 is 1.72. The minimum atomic E-state index is -1.08. The number of thiazole rings is 1. The van der Waals surface area contributed by atoms with E-state index in [0.29, 0.717) is 18.2 Å². The Bertz CT molecular complexity index is 862. The Hall–Kier alpha value is -2.48. The van der Waals surface area contributed by atoms with Gasteiger partial charge in [-0.1, -0.05) is 20.8 Å². The highest BCUT2D eigenvalue weighted by Crippen LogP contribution is 2.26. The van der Waals surface area contributed by atoms with Gasteiger partial charge in [0.25, 0.3) is 0 Å². The van der Waals surface area contributed by atoms with E-state index in [9.17, 15) is 9.90 Å². The second-order valence-corrected chi connectivity index (χ2v) is 7.29. The van der Waals surface area contributed by atoms with Gasteiger partial charge in [0.1, 0.15) is 10.6 Å². The van der Waals surface area contributed by atoms with Crippen molar-refractivity contribution < 1.29 is 9.90 Å². The molecule has 7 nitrogen and oxygen atoms in total. The second-order valence-electron chi connectivity index (χ2n) is 6.39. The molecule has 0 spiro atoms. The average molecular weight is 331 g/mol. The van der Waals surface area contributed by atoms with E-state index in [4.69, 9.17) is 0 Å². The van der Waals surface area contributed by atoms with Gasteiger partial charge in [-0.3, -0.25) is 0 Å². The average Bonchev–Trinajstić information content (AvgIpc) is 3.06. The molecule has 0 aromatic carbocycles. The van der Waals surface area contributed by atoms with Crippen LogP contribution in [0.2, 0.25) is 0 Å². The normalized spacial score (nSPS) is 11.8. The van der Waals surface area contributed by atoms with E-state index in [0.717, 1.165) is 10.4 Å². The first kappa shape index (κ1) is 15.4. The van der Waals surface area contributed by atoms with Crippen LogP contribution in [0, 0.1) is 5.41 Å². The lowest BCUT2D eigenvalue weighted by atomic mass is 9.97. The predicted octanol–water partition coefficient (Wildman–Crippen LogP) is 3.01. The van der Waals surface area contributed by atoms with Crippen LogP contribution in [0.4, 0.5) is 5.82 Å². The summed E-state index contributed by atoms with van der Waals surface area (Å²) in [6.45, 7) is 6.94. The van der Waals surface area contributed by atoms with Crippen LogP contribution in [0.5, 0.6) is 0 Å². The van der Waals surface area contributed by atoms with E-state index in [1.807, 2.05) is 11.6 Å². The zero-order chi connectivity index (χ0) is 16.6. The van der Waals surface area contributed by atoms with Gasteiger partial charge in [0, 0.05) is 24.2 Å². The van der Waals surface area contributed by atoms with Gasteiger partial charge in [0.05, 0.1) is 11.8 Å². The third-order valence-corrected chi connectivity index (χ3v) is 4.01. The highest BCUT2D eigenvalue weighted by Gasteiger charge is 2.17. The van der Waals surface area contributed by atoms with Crippen molar-refractivity contribution in [3.63, 3.8) is 0 Å². The third-order valence-electron chi connectivity index (χ3n) is 3.12. The van der Waals surface area contributed by atoms with Gasteiger partial charge < -0.3 is 10.4 Å². The molecule has 0 bridgehead atoms. The van der Waals surface area contributed by atoms with E-state index in [-0.39, 0.29) is 11.1 Å². The van der Waals surface area contributed by atoms with Crippen molar-refractivity contribution in [2.24, 2.45) is 5.41 Å². The number of rotatable bonds is 4. The fourth-order valence-electron chi connectivity index (χ4n) is 2.00. The molecule has 0 saturated heterocycles. The van der Waals surface area contributed by atoms with E-state index in [1.54, 1.807) is 10.7 Å². The molecule has 2 N–H and O–H groups in total. The summed E-state index contributed by atoms with van der Waals surface area (Å²) in [5, 5.41) is 18.6. The number of nitrogens with one attached hydrogen (secondary N) is 1. The molecule has 8 heteroatoms. The Morgan fingerprint density at radius 2 is 2.17 bits per heavy atom. The number of hydrogen-bond acceptors (Lipinski definition) is 6. The minimum absolute atomic E-state index is 0.0395. The minimum Gasteiger partial charge on any atom is -0.477 e. The molecule has 3 aromatic rings. The molecule has 0 aliphatic rings. The Balaban J connectivity index is 2.04. The van der Waals surface area contributed by atoms with Crippen molar-refractivity contribution in [2.75, 3.05) is 11.9 Å². The van der Waals surface area contributed by atoms with Gasteiger partial charge in [-0.15, -0.1) is 11.3 Å². The van der Waals surface area contributed by atoms with Crippen LogP contribution in [0.15, 0.2) is 23.8 Å². The van der Waals surface area contributed by atoms with Crippen molar-refractivity contribution in [2.45, 2.75) is 20.8 Å². The zero-order valence-corrected chi connectivity index (χ0v) is 13.9. The number of nitrogens with zero attached hydrogens (tertiary/aromatic N) is 4. The van der Waals surface area contributed by atoms with Crippen molar-refractivity contribution >= 4 is 28.0 Å². The molecule has 0 fully saturated rings. The number of aromatic carboxylic acids is 1. The van der Waals surface area contributed by atoms with Crippen LogP contribution < -0.4 is 5.32 Å². The molecule has 0 amide bonds. The molecular formula is C15H17N5O2S. The monoisotopic (exact) mass is 331 g/mol. The maximum Gasteiger partial charge on any atom is 0.354 e. The highest BCUT2D eigenvalue weighted by atomic mass is 32.1. The summed E-state index contributed by atoms with van der Waals surface area (Å²) in [5.74, 6) is -0.223. The van der Waals surface area contributed by atoms with Gasteiger partial charge in [-0.05, 0) is 5.41 Å². The van der Waals surface area contributed by atoms with Crippen LogP contribution in [0.25, 0.3) is 16.2 Å². The first-order valence-corrected chi connectivity index (χ1v) is 7.99. The number of hydrogen-bond donors (Lipinski definition) is 2. The van der Waals surface area contributed by atoms with Crippen molar-refractivity contribution in [3.05, 3.63) is 29.5 Å². The fraction of sp³-hybridized carbons (Fsp3) is 0.333. The van der Waals surface area contributed by atoms with Crippen molar-refractivity contribution in [1.82, 2.24) is 19.6 Å². The third kappa shape index (κ3) is 3.31. The molecule has 0 unspecified atom stereocenters. The Labute approximate surface area is 137 Å². The Morgan fingerprint density at radius 3 is 2.87 bits per heavy atom. The van der Waals surface area contributed by atoms with Crippen LogP contribution in [0.3, 0.4) is 0 Å². The first-order valence-electron chi connectivity index (χ1n) is 7.11. The summed E-state index contributed by atoms with van der Waals surface area (Å²) >= 11 is 1.51. The predicted molar refractivity (Wildman–Crippen MR) is 89.0 cm³/mol. The molecule has 3 heterocycles. The highest BCUT2D eigenvalue weighted by molar-refractivity contribution is 7.16. The lowest BCUT2D eigenvalue weighted by Crippen LogP contribution is -2.20. The molecular weight excluding hydrogens is 314 g/mol. The van der Waals surface area contributed by atoms with Crippen molar-refractivity contribution in [1.29, 1.82) is 0 Å². The van der Waals surface area contributed by atoms with Crippen molar-refractivity contribution in [3.8, 4) is 11.4 Å². The molecule has 0 saturated carbocycles. The lowest BCUT2D eigenvalue weighted by molar-refractivity contribution is 0.0690. The first-order chi connectivity index (χ1) is 10.8. The molecule has 0 atom stereocenters. The molecule has 3 rings (SSSR count). The standard InChI is InChI=1S/C15H17N5O2S/c1-15(2,3)8-16-11-6-10(14(21)22)18-12(19-11)9-7-17-20-4-5-23-13(9)20/h4-7H,8H2,1-3H3,(H,21,22)(H,16,18,19). The fourth-order valence-corrected chi connectivity index (χ4v) is 2.80. The van der Waals surface area contributed by atoms with Crippen LogP contribution in [0.1, 0.15) is 31.3 Å². The molecule has 0 aliphatic carbocycles. The summed E-state index contributed by atoms with van der Waals surface area (Å²) in [5.41, 5.74) is 0.733. The summed E-state index contributed by atoms with van der Waals surface area (Å²) in [6, 6.07) is 1.45. The van der Waals surface area contributed by atoms with E-state index in [2.05, 4.69) is 41.2 Å². The topological polar surface area (TPSA) is 92.4 Å². The zero-order valence-electron chi connectivity index (χ0n) is 13.1. The SMILES string of the molecule is CC(C)(C)CNc1cc(C(=O)O)nc(-c2cnn3ccsc23)n1. The number of fused-ring (bicyclic) bond motifs is 1. The van der Waals surface area contributed by atoms with Gasteiger partial charge >= 0.3 is 5.97 Å². The van der Waals surface area contributed by atoms with E-state index < -0.39 is 5.97 Å². The van der Waals surface area contributed by atoms with Crippen LogP contribution >= 0.6 is 11.3 Å². The Morgan fingerprint density at radius 1 is 1.39 bits per heavy atom. The van der Waals surface area contributed by atoms with E-state index >= 15 is 0 Å². The number of carboxylic acids is 1. The maximum absolute atomic E-state index is 11.4. The number of carbonyl (C=O) groups is 1. The van der Waals surface area contributed by atoms with E-state index in [1.165, 1.54) is 17.4 Å². The number of aromatic nitrogens is 4. The molecule has 0 aliphatic heterocycles. The molecule has 0 radical (unpaired) electrons. The van der Waals surface area contributed by atoms with Gasteiger partial charge in [0.2, 0.25) is 0 Å². The van der Waals surface area contributed by atoms with Gasteiger partial charge in [0.15, 0.2) is 11.5 Å². The number of carboxylic acid groups (broad SMARTS) is 1. The van der Waals surface area contributed by atoms with Crippen LogP contribution in [-0.4, -0.2) is 37.2 Å². The number of anilines is 1. The summed E-state index contributed by atoms with van der Waals surface area (Å²) in [6.07, 6.45) is 3.49. The molecule has 120 valence electrons. The quantitative estimate of drug-likeness (QED) is 0.763. The van der Waals surface area contributed by atoms with Gasteiger partial charge in [-0.25, -0.2) is 19.3 Å². The van der Waals surface area contributed by atoms with Crippen LogP contribution in [-0.2, 0) is 0 Å². The smallest absolute Gasteiger partial charge is 0.354 e. The maximum atomic E-state index is 11.4. The second kappa shape index (κ2) is 5.62. The summed E-state index contributed by atoms with van der Waals surface area (Å²) in [7, 11) is 0. The lowest BCUT2D eigenvalue weighted by Gasteiger charge is -2.19.